The first-order chi connectivity index (χ1) is 10.0. The number of rotatable bonds is 6. The number of urea groups is 1. The van der Waals surface area contributed by atoms with E-state index >= 15 is 0 Å². The van der Waals surface area contributed by atoms with Crippen LogP contribution >= 0.6 is 0 Å². The Balaban J connectivity index is 1.68. The summed E-state index contributed by atoms with van der Waals surface area (Å²) >= 11 is 0. The van der Waals surface area contributed by atoms with Crippen molar-refractivity contribution < 1.29 is 14.4 Å². The maximum atomic E-state index is 11.6. The Bertz CT molecular complexity index is 536. The lowest BCUT2D eigenvalue weighted by Gasteiger charge is -2.08. The summed E-state index contributed by atoms with van der Waals surface area (Å²) < 4.78 is 0. The fourth-order valence-corrected chi connectivity index (χ4v) is 1.78. The van der Waals surface area contributed by atoms with Crippen LogP contribution in [0.15, 0.2) is 24.3 Å². The van der Waals surface area contributed by atoms with Gasteiger partial charge in [-0.15, -0.1) is 0 Å². The Labute approximate surface area is 123 Å². The van der Waals surface area contributed by atoms with Crippen molar-refractivity contribution in [2.45, 2.75) is 32.2 Å². The average molecular weight is 289 g/mol. The molecule has 3 N–H and O–H groups in total. The summed E-state index contributed by atoms with van der Waals surface area (Å²) in [6.45, 7) is 1.78. The van der Waals surface area contributed by atoms with Gasteiger partial charge in [0.25, 0.3) is 0 Å². The fraction of sp³-hybridized carbons (Fsp3) is 0.400. The molecule has 1 aromatic rings. The number of ketones is 1. The van der Waals surface area contributed by atoms with Crippen LogP contribution in [-0.4, -0.2) is 30.3 Å². The highest BCUT2D eigenvalue weighted by Gasteiger charge is 2.22. The second kappa shape index (κ2) is 6.88. The number of nitrogens with one attached hydrogen (secondary N) is 3. The zero-order valence-corrected chi connectivity index (χ0v) is 11.9. The molecule has 21 heavy (non-hydrogen) atoms. The van der Waals surface area contributed by atoms with Gasteiger partial charge >= 0.3 is 6.03 Å². The Morgan fingerprint density at radius 1 is 1.14 bits per heavy atom. The van der Waals surface area contributed by atoms with Gasteiger partial charge in [-0.1, -0.05) is 0 Å². The lowest BCUT2D eigenvalue weighted by atomic mass is 10.1. The number of hydrogen-bond donors (Lipinski definition) is 3. The summed E-state index contributed by atoms with van der Waals surface area (Å²) in [6, 6.07) is 6.60. The van der Waals surface area contributed by atoms with Crippen LogP contribution in [0.3, 0.4) is 0 Å². The SMILES string of the molecule is CC(=O)c1ccc(NC(=O)NCCC(=O)NC2CC2)cc1. The molecule has 1 aliphatic rings. The number of amides is 3. The van der Waals surface area contributed by atoms with E-state index in [1.165, 1.54) is 6.92 Å². The van der Waals surface area contributed by atoms with Gasteiger partial charge in [0.2, 0.25) is 5.91 Å². The largest absolute Gasteiger partial charge is 0.353 e. The highest BCUT2D eigenvalue weighted by molar-refractivity contribution is 5.95. The van der Waals surface area contributed by atoms with Crippen LogP contribution in [0.2, 0.25) is 0 Å². The molecule has 2 rings (SSSR count). The van der Waals surface area contributed by atoms with Gasteiger partial charge in [-0.2, -0.15) is 0 Å². The minimum absolute atomic E-state index is 0.0207. The van der Waals surface area contributed by atoms with Crippen molar-refractivity contribution in [2.24, 2.45) is 0 Å². The van der Waals surface area contributed by atoms with Crippen LogP contribution in [0.25, 0.3) is 0 Å². The number of anilines is 1. The average Bonchev–Trinajstić information content (AvgIpc) is 3.23. The number of hydrogen-bond acceptors (Lipinski definition) is 3. The second-order valence-corrected chi connectivity index (χ2v) is 5.11. The molecule has 0 atom stereocenters. The van der Waals surface area contributed by atoms with Crippen LogP contribution in [0, 0.1) is 0 Å². The molecule has 1 fully saturated rings. The quantitative estimate of drug-likeness (QED) is 0.696. The summed E-state index contributed by atoms with van der Waals surface area (Å²) in [4.78, 5) is 34.2. The maximum Gasteiger partial charge on any atom is 0.319 e. The number of carbonyl (C=O) groups excluding carboxylic acids is 3. The number of Topliss-reactive ketones (excluding diaryl/α,β-unsaturated/α-hetero) is 1. The van der Waals surface area contributed by atoms with E-state index in [-0.39, 0.29) is 30.7 Å². The number of carbonyl (C=O) groups is 3. The first-order valence-corrected chi connectivity index (χ1v) is 7.00. The van der Waals surface area contributed by atoms with Crippen molar-refractivity contribution in [3.63, 3.8) is 0 Å². The Kier molecular flexibility index (Phi) is 4.92. The van der Waals surface area contributed by atoms with Crippen LogP contribution in [0.1, 0.15) is 36.5 Å². The van der Waals surface area contributed by atoms with E-state index in [1.54, 1.807) is 24.3 Å². The first kappa shape index (κ1) is 15.0. The highest BCUT2D eigenvalue weighted by Crippen LogP contribution is 2.18. The molecule has 112 valence electrons. The molecule has 0 radical (unpaired) electrons. The van der Waals surface area contributed by atoms with Gasteiger partial charge in [-0.25, -0.2) is 4.79 Å². The third-order valence-corrected chi connectivity index (χ3v) is 3.13. The van der Waals surface area contributed by atoms with E-state index < -0.39 is 0 Å². The fourth-order valence-electron chi connectivity index (χ4n) is 1.78. The molecule has 1 aromatic carbocycles. The van der Waals surface area contributed by atoms with E-state index in [9.17, 15) is 14.4 Å². The topological polar surface area (TPSA) is 87.3 Å². The second-order valence-electron chi connectivity index (χ2n) is 5.11. The van der Waals surface area contributed by atoms with Crippen LogP contribution in [0.4, 0.5) is 10.5 Å². The zero-order chi connectivity index (χ0) is 15.2. The molecule has 6 heteroatoms. The molecule has 0 saturated heterocycles. The molecular formula is C15H19N3O3. The van der Waals surface area contributed by atoms with E-state index in [0.29, 0.717) is 17.3 Å². The molecule has 6 nitrogen and oxygen atoms in total. The molecular weight excluding hydrogens is 270 g/mol. The van der Waals surface area contributed by atoms with Gasteiger partial charge in [0.05, 0.1) is 0 Å². The summed E-state index contributed by atoms with van der Waals surface area (Å²) in [5.41, 5.74) is 1.19. The highest BCUT2D eigenvalue weighted by atomic mass is 16.2. The van der Waals surface area contributed by atoms with Crippen molar-refractivity contribution in [2.75, 3.05) is 11.9 Å². The Morgan fingerprint density at radius 3 is 2.38 bits per heavy atom. The molecule has 0 unspecified atom stereocenters. The Morgan fingerprint density at radius 2 is 1.81 bits per heavy atom. The van der Waals surface area contributed by atoms with Gasteiger partial charge in [0, 0.05) is 30.3 Å². The molecule has 1 saturated carbocycles. The summed E-state index contributed by atoms with van der Waals surface area (Å²) in [5, 5.41) is 8.11. The van der Waals surface area contributed by atoms with E-state index in [1.807, 2.05) is 0 Å². The summed E-state index contributed by atoms with van der Waals surface area (Å²) in [6.07, 6.45) is 2.37. The van der Waals surface area contributed by atoms with Crippen molar-refractivity contribution in [1.82, 2.24) is 10.6 Å². The van der Waals surface area contributed by atoms with E-state index in [4.69, 9.17) is 0 Å². The third-order valence-electron chi connectivity index (χ3n) is 3.13. The maximum absolute atomic E-state index is 11.6. The monoisotopic (exact) mass is 289 g/mol. The van der Waals surface area contributed by atoms with Gasteiger partial charge in [-0.3, -0.25) is 9.59 Å². The summed E-state index contributed by atoms with van der Waals surface area (Å²) in [7, 11) is 0. The van der Waals surface area contributed by atoms with E-state index in [0.717, 1.165) is 12.8 Å². The van der Waals surface area contributed by atoms with E-state index in [2.05, 4.69) is 16.0 Å². The Hall–Kier alpha value is -2.37. The normalized spacial score (nSPS) is 13.4. The zero-order valence-electron chi connectivity index (χ0n) is 11.9. The molecule has 1 aliphatic carbocycles. The minimum Gasteiger partial charge on any atom is -0.353 e. The smallest absolute Gasteiger partial charge is 0.319 e. The molecule has 3 amide bonds. The molecule has 0 spiro atoms. The van der Waals surface area contributed by atoms with Crippen molar-refractivity contribution in [1.29, 1.82) is 0 Å². The predicted molar refractivity (Wildman–Crippen MR) is 79.2 cm³/mol. The van der Waals surface area contributed by atoms with Gasteiger partial charge < -0.3 is 16.0 Å². The lowest BCUT2D eigenvalue weighted by molar-refractivity contribution is -0.121. The van der Waals surface area contributed by atoms with Gasteiger partial charge in [0.15, 0.2) is 5.78 Å². The summed E-state index contributed by atoms with van der Waals surface area (Å²) in [5.74, 6) is -0.0590. The van der Waals surface area contributed by atoms with Gasteiger partial charge in [0.1, 0.15) is 0 Å². The molecule has 0 bridgehead atoms. The minimum atomic E-state index is -0.371. The lowest BCUT2D eigenvalue weighted by Crippen LogP contribution is -2.33. The number of benzene rings is 1. The van der Waals surface area contributed by atoms with Crippen LogP contribution < -0.4 is 16.0 Å². The molecule has 0 heterocycles. The molecule has 0 aliphatic heterocycles. The van der Waals surface area contributed by atoms with Crippen molar-refractivity contribution in [3.05, 3.63) is 29.8 Å². The first-order valence-electron chi connectivity index (χ1n) is 7.00. The molecule has 0 aromatic heterocycles. The predicted octanol–water partition coefficient (Wildman–Crippen LogP) is 1.68. The van der Waals surface area contributed by atoms with Crippen molar-refractivity contribution in [3.8, 4) is 0 Å². The van der Waals surface area contributed by atoms with Crippen LogP contribution in [-0.2, 0) is 4.79 Å². The third kappa shape index (κ3) is 5.25. The standard InChI is InChI=1S/C15H19N3O3/c1-10(19)11-2-4-13(5-3-11)18-15(21)16-9-8-14(20)17-12-6-7-12/h2-5,12H,6-9H2,1H3,(H,17,20)(H2,16,18,21). The van der Waals surface area contributed by atoms with Crippen molar-refractivity contribution >= 4 is 23.4 Å². The van der Waals surface area contributed by atoms with Gasteiger partial charge in [-0.05, 0) is 44.0 Å². The van der Waals surface area contributed by atoms with Crippen LogP contribution in [0.5, 0.6) is 0 Å².